The van der Waals surface area contributed by atoms with Gasteiger partial charge in [0.25, 0.3) is 0 Å². The number of nitrogens with zero attached hydrogens (tertiary/aromatic N) is 2. The molecule has 1 fully saturated rings. The zero-order chi connectivity index (χ0) is 21.1. The van der Waals surface area contributed by atoms with Gasteiger partial charge in [0.1, 0.15) is 0 Å². The molecule has 1 aromatic rings. The van der Waals surface area contributed by atoms with Gasteiger partial charge >= 0.3 is 6.03 Å². The zero-order valence-electron chi connectivity index (χ0n) is 18.4. The van der Waals surface area contributed by atoms with Crippen LogP contribution in [0.3, 0.4) is 0 Å². The lowest BCUT2D eigenvalue weighted by Gasteiger charge is -2.36. The van der Waals surface area contributed by atoms with Gasteiger partial charge < -0.3 is 20.4 Å². The van der Waals surface area contributed by atoms with Gasteiger partial charge in [-0.2, -0.15) is 0 Å². The molecule has 1 atom stereocenters. The third-order valence-electron chi connectivity index (χ3n) is 5.64. The lowest BCUT2D eigenvalue weighted by molar-refractivity contribution is -0.120. The minimum atomic E-state index is 0.0460. The first-order valence-corrected chi connectivity index (χ1v) is 11.3. The standard InChI is InChI=1S/C23H38N4O2/c1-4-7-9-19(6-3)22(28)25-20-10-12-21(13-11-20)26-15-17-27(18-16-26)23(29)24-14-8-5-2/h10-13,19H,4-9,14-18H2,1-3H3,(H,24,29)(H,25,28)/t19-/m0/s1. The van der Waals surface area contributed by atoms with Crippen molar-refractivity contribution in [3.63, 3.8) is 0 Å². The normalized spacial score (nSPS) is 15.1. The lowest BCUT2D eigenvalue weighted by Crippen LogP contribution is -2.52. The number of amides is 3. The number of carbonyl (C=O) groups excluding carboxylic acids is 2. The van der Waals surface area contributed by atoms with Crippen LogP contribution in [-0.4, -0.2) is 49.6 Å². The van der Waals surface area contributed by atoms with Crippen molar-refractivity contribution >= 4 is 23.3 Å². The first-order valence-electron chi connectivity index (χ1n) is 11.3. The second-order valence-corrected chi connectivity index (χ2v) is 7.84. The average Bonchev–Trinajstić information content (AvgIpc) is 2.75. The van der Waals surface area contributed by atoms with Crippen molar-refractivity contribution in [1.82, 2.24) is 10.2 Å². The van der Waals surface area contributed by atoms with Crippen molar-refractivity contribution in [3.05, 3.63) is 24.3 Å². The van der Waals surface area contributed by atoms with Crippen LogP contribution in [-0.2, 0) is 4.79 Å². The summed E-state index contributed by atoms with van der Waals surface area (Å²) in [5.41, 5.74) is 1.98. The first-order chi connectivity index (χ1) is 14.1. The summed E-state index contributed by atoms with van der Waals surface area (Å²) < 4.78 is 0. The summed E-state index contributed by atoms with van der Waals surface area (Å²) in [6, 6.07) is 8.11. The highest BCUT2D eigenvalue weighted by atomic mass is 16.2. The highest BCUT2D eigenvalue weighted by Crippen LogP contribution is 2.21. The molecule has 2 rings (SSSR count). The number of hydrogen-bond donors (Lipinski definition) is 2. The fourth-order valence-corrected chi connectivity index (χ4v) is 3.62. The number of piperazine rings is 1. The molecule has 1 aliphatic heterocycles. The summed E-state index contributed by atoms with van der Waals surface area (Å²) in [4.78, 5) is 28.8. The Morgan fingerprint density at radius 1 is 0.966 bits per heavy atom. The van der Waals surface area contributed by atoms with Crippen molar-refractivity contribution in [3.8, 4) is 0 Å². The van der Waals surface area contributed by atoms with Gasteiger partial charge in [0.05, 0.1) is 0 Å². The van der Waals surface area contributed by atoms with Crippen molar-refractivity contribution in [2.24, 2.45) is 5.92 Å². The summed E-state index contributed by atoms with van der Waals surface area (Å²) in [7, 11) is 0. The Morgan fingerprint density at radius 2 is 1.62 bits per heavy atom. The molecule has 1 aromatic carbocycles. The minimum Gasteiger partial charge on any atom is -0.368 e. The Labute approximate surface area is 176 Å². The van der Waals surface area contributed by atoms with E-state index in [1.807, 2.05) is 17.0 Å². The molecule has 3 amide bonds. The fourth-order valence-electron chi connectivity index (χ4n) is 3.62. The SMILES string of the molecule is CCCCNC(=O)N1CCN(c2ccc(NC(=O)[C@@H](CC)CCCC)cc2)CC1. The minimum absolute atomic E-state index is 0.0460. The molecule has 1 heterocycles. The van der Waals surface area contributed by atoms with Gasteiger partial charge in [-0.1, -0.05) is 40.0 Å². The summed E-state index contributed by atoms with van der Waals surface area (Å²) in [5, 5.41) is 6.05. The molecule has 0 spiro atoms. The molecule has 6 heteroatoms. The Bertz CT molecular complexity index is 624. The van der Waals surface area contributed by atoms with E-state index in [2.05, 4.69) is 48.4 Å². The molecule has 1 aliphatic rings. The zero-order valence-corrected chi connectivity index (χ0v) is 18.4. The molecule has 29 heavy (non-hydrogen) atoms. The molecule has 0 aromatic heterocycles. The van der Waals surface area contributed by atoms with Gasteiger partial charge in [0.15, 0.2) is 0 Å². The highest BCUT2D eigenvalue weighted by molar-refractivity contribution is 5.92. The molecular weight excluding hydrogens is 364 g/mol. The van der Waals surface area contributed by atoms with E-state index in [1.165, 1.54) is 0 Å². The predicted octanol–water partition coefficient (Wildman–Crippen LogP) is 4.47. The summed E-state index contributed by atoms with van der Waals surface area (Å²) in [6.07, 6.45) is 6.14. The van der Waals surface area contributed by atoms with Gasteiger partial charge in [-0.3, -0.25) is 4.79 Å². The smallest absolute Gasteiger partial charge is 0.317 e. The van der Waals surface area contributed by atoms with Crippen LogP contribution in [0, 0.1) is 5.92 Å². The van der Waals surface area contributed by atoms with E-state index < -0.39 is 0 Å². The van der Waals surface area contributed by atoms with Crippen LogP contribution in [0.15, 0.2) is 24.3 Å². The fraction of sp³-hybridized carbons (Fsp3) is 0.652. The maximum atomic E-state index is 12.5. The van der Waals surface area contributed by atoms with Crippen molar-refractivity contribution < 1.29 is 9.59 Å². The van der Waals surface area contributed by atoms with E-state index in [0.29, 0.717) is 0 Å². The van der Waals surface area contributed by atoms with E-state index in [9.17, 15) is 9.59 Å². The maximum Gasteiger partial charge on any atom is 0.317 e. The number of carbonyl (C=O) groups is 2. The van der Waals surface area contributed by atoms with Crippen molar-refractivity contribution in [2.45, 2.75) is 59.3 Å². The molecule has 0 unspecified atom stereocenters. The Hall–Kier alpha value is -2.24. The van der Waals surface area contributed by atoms with E-state index in [-0.39, 0.29) is 17.9 Å². The summed E-state index contributed by atoms with van der Waals surface area (Å²) in [5.74, 6) is 0.211. The first kappa shape index (κ1) is 23.0. The second kappa shape index (κ2) is 12.3. The quantitative estimate of drug-likeness (QED) is 0.568. The van der Waals surface area contributed by atoms with E-state index in [1.54, 1.807) is 0 Å². The topological polar surface area (TPSA) is 64.7 Å². The van der Waals surface area contributed by atoms with E-state index >= 15 is 0 Å². The van der Waals surface area contributed by atoms with Gasteiger partial charge in [-0.15, -0.1) is 0 Å². The Morgan fingerprint density at radius 3 is 2.21 bits per heavy atom. The van der Waals surface area contributed by atoms with Crippen molar-refractivity contribution in [1.29, 1.82) is 0 Å². The highest BCUT2D eigenvalue weighted by Gasteiger charge is 2.21. The molecule has 0 radical (unpaired) electrons. The Balaban J connectivity index is 1.82. The monoisotopic (exact) mass is 402 g/mol. The van der Waals surface area contributed by atoms with Crippen LogP contribution in [0.1, 0.15) is 59.3 Å². The molecule has 162 valence electrons. The third-order valence-corrected chi connectivity index (χ3v) is 5.64. The van der Waals surface area contributed by atoms with Crippen molar-refractivity contribution in [2.75, 3.05) is 42.9 Å². The molecule has 2 N–H and O–H groups in total. The predicted molar refractivity (Wildman–Crippen MR) is 120 cm³/mol. The molecule has 6 nitrogen and oxygen atoms in total. The number of benzene rings is 1. The number of urea groups is 1. The molecule has 0 aliphatic carbocycles. The maximum absolute atomic E-state index is 12.5. The summed E-state index contributed by atoms with van der Waals surface area (Å²) >= 11 is 0. The van der Waals surface area contributed by atoms with Crippen LogP contribution in [0.2, 0.25) is 0 Å². The van der Waals surface area contributed by atoms with Crippen LogP contribution >= 0.6 is 0 Å². The van der Waals surface area contributed by atoms with Gasteiger partial charge in [0, 0.05) is 50.0 Å². The molecule has 1 saturated heterocycles. The second-order valence-electron chi connectivity index (χ2n) is 7.84. The third kappa shape index (κ3) is 7.26. The molecular formula is C23H38N4O2. The summed E-state index contributed by atoms with van der Waals surface area (Å²) in [6.45, 7) is 10.2. The van der Waals surface area contributed by atoms with Crippen LogP contribution < -0.4 is 15.5 Å². The van der Waals surface area contributed by atoms with Gasteiger partial charge in [-0.25, -0.2) is 4.79 Å². The van der Waals surface area contributed by atoms with E-state index in [0.717, 1.165) is 82.6 Å². The number of anilines is 2. The largest absolute Gasteiger partial charge is 0.368 e. The van der Waals surface area contributed by atoms with Gasteiger partial charge in [-0.05, 0) is 43.5 Å². The number of nitrogens with one attached hydrogen (secondary N) is 2. The lowest BCUT2D eigenvalue weighted by atomic mass is 9.98. The van der Waals surface area contributed by atoms with E-state index in [4.69, 9.17) is 0 Å². The Kier molecular flexibility index (Phi) is 9.81. The number of rotatable bonds is 10. The molecule has 0 saturated carbocycles. The van der Waals surface area contributed by atoms with Gasteiger partial charge in [0.2, 0.25) is 5.91 Å². The number of unbranched alkanes of at least 4 members (excludes halogenated alkanes) is 2. The molecule has 0 bridgehead atoms. The van der Waals surface area contributed by atoms with Crippen LogP contribution in [0.5, 0.6) is 0 Å². The van der Waals surface area contributed by atoms with Crippen LogP contribution in [0.25, 0.3) is 0 Å². The average molecular weight is 403 g/mol. The van der Waals surface area contributed by atoms with Crippen LogP contribution in [0.4, 0.5) is 16.2 Å². The number of hydrogen-bond acceptors (Lipinski definition) is 3.